The Morgan fingerprint density at radius 1 is 0.969 bits per heavy atom. The lowest BCUT2D eigenvalue weighted by Crippen LogP contribution is -2.54. The number of amides is 3. The second kappa shape index (κ2) is 10.9. The quantitative estimate of drug-likeness (QED) is 0.700. The van der Waals surface area contributed by atoms with Crippen LogP contribution in [-0.4, -0.2) is 48.3 Å². The molecule has 3 amide bonds. The summed E-state index contributed by atoms with van der Waals surface area (Å²) in [6.07, 6.45) is 1.32. The summed E-state index contributed by atoms with van der Waals surface area (Å²) in [4.78, 5) is 40.5. The van der Waals surface area contributed by atoms with E-state index in [0.717, 1.165) is 5.56 Å². The summed E-state index contributed by atoms with van der Waals surface area (Å²) in [5.74, 6) is -0.115. The maximum Gasteiger partial charge on any atom is 0.253 e. The van der Waals surface area contributed by atoms with E-state index in [2.05, 4.69) is 10.6 Å². The highest BCUT2D eigenvalue weighted by Crippen LogP contribution is 2.23. The van der Waals surface area contributed by atoms with E-state index in [-0.39, 0.29) is 23.6 Å². The smallest absolute Gasteiger partial charge is 0.253 e. The van der Waals surface area contributed by atoms with Gasteiger partial charge in [0.25, 0.3) is 11.8 Å². The van der Waals surface area contributed by atoms with Gasteiger partial charge in [-0.2, -0.15) is 0 Å². The monoisotopic (exact) mass is 435 g/mol. The van der Waals surface area contributed by atoms with Gasteiger partial charge < -0.3 is 15.5 Å². The lowest BCUT2D eigenvalue weighted by Gasteiger charge is -2.36. The Hall–Kier alpha value is -3.15. The highest BCUT2D eigenvalue weighted by atomic mass is 16.2. The maximum atomic E-state index is 13.0. The Morgan fingerprint density at radius 2 is 1.62 bits per heavy atom. The van der Waals surface area contributed by atoms with E-state index in [0.29, 0.717) is 49.5 Å². The molecule has 6 heteroatoms. The maximum absolute atomic E-state index is 13.0. The first-order chi connectivity index (χ1) is 15.3. The second-order valence-corrected chi connectivity index (χ2v) is 8.96. The summed E-state index contributed by atoms with van der Waals surface area (Å²) in [7, 11) is 0. The second-order valence-electron chi connectivity index (χ2n) is 8.96. The first-order valence-corrected chi connectivity index (χ1v) is 11.3. The van der Waals surface area contributed by atoms with Crippen LogP contribution in [0.25, 0.3) is 0 Å². The van der Waals surface area contributed by atoms with Gasteiger partial charge in [0.1, 0.15) is 6.04 Å². The SMILES string of the molecule is Cc1cccc(C(=O)N2CCC(C(NC(=O)c3ccccc3)C(=O)NCC(C)C)CC2)c1. The van der Waals surface area contributed by atoms with Crippen molar-refractivity contribution in [2.45, 2.75) is 39.7 Å². The predicted molar refractivity (Wildman–Crippen MR) is 125 cm³/mol. The lowest BCUT2D eigenvalue weighted by molar-refractivity contribution is -0.124. The van der Waals surface area contributed by atoms with E-state index in [9.17, 15) is 14.4 Å². The van der Waals surface area contributed by atoms with Crippen molar-refractivity contribution < 1.29 is 14.4 Å². The van der Waals surface area contributed by atoms with Crippen molar-refractivity contribution in [1.82, 2.24) is 15.5 Å². The Balaban J connectivity index is 1.67. The molecule has 0 saturated carbocycles. The van der Waals surface area contributed by atoms with Gasteiger partial charge >= 0.3 is 0 Å². The summed E-state index contributed by atoms with van der Waals surface area (Å²) >= 11 is 0. The van der Waals surface area contributed by atoms with Crippen LogP contribution < -0.4 is 10.6 Å². The van der Waals surface area contributed by atoms with Crippen molar-refractivity contribution in [1.29, 1.82) is 0 Å². The van der Waals surface area contributed by atoms with Crippen molar-refractivity contribution in [2.75, 3.05) is 19.6 Å². The van der Waals surface area contributed by atoms with Crippen LogP contribution in [0.3, 0.4) is 0 Å². The van der Waals surface area contributed by atoms with E-state index in [1.807, 2.05) is 56.0 Å². The summed E-state index contributed by atoms with van der Waals surface area (Å²) in [5.41, 5.74) is 2.27. The van der Waals surface area contributed by atoms with Crippen LogP contribution in [0.5, 0.6) is 0 Å². The van der Waals surface area contributed by atoms with Crippen LogP contribution in [-0.2, 0) is 4.79 Å². The van der Waals surface area contributed by atoms with Crippen LogP contribution in [0.15, 0.2) is 54.6 Å². The molecule has 0 aliphatic carbocycles. The number of carbonyl (C=O) groups excluding carboxylic acids is 3. The third-order valence-electron chi connectivity index (χ3n) is 5.85. The molecule has 1 heterocycles. The summed E-state index contributed by atoms with van der Waals surface area (Å²) in [5, 5.41) is 5.92. The minimum absolute atomic E-state index is 0.0151. The molecule has 1 saturated heterocycles. The zero-order valence-electron chi connectivity index (χ0n) is 19.1. The fraction of sp³-hybridized carbons (Fsp3) is 0.423. The molecule has 32 heavy (non-hydrogen) atoms. The Bertz CT molecular complexity index is 934. The fourth-order valence-corrected chi connectivity index (χ4v) is 4.02. The Morgan fingerprint density at radius 3 is 2.25 bits per heavy atom. The number of carbonyl (C=O) groups is 3. The molecule has 2 N–H and O–H groups in total. The molecule has 6 nitrogen and oxygen atoms in total. The molecule has 170 valence electrons. The van der Waals surface area contributed by atoms with Crippen molar-refractivity contribution in [2.24, 2.45) is 11.8 Å². The van der Waals surface area contributed by atoms with Gasteiger partial charge in [-0.1, -0.05) is 49.7 Å². The summed E-state index contributed by atoms with van der Waals surface area (Å²) in [6, 6.07) is 15.9. The number of piperidine rings is 1. The van der Waals surface area contributed by atoms with E-state index >= 15 is 0 Å². The van der Waals surface area contributed by atoms with Crippen molar-refractivity contribution in [3.63, 3.8) is 0 Å². The fourth-order valence-electron chi connectivity index (χ4n) is 4.02. The van der Waals surface area contributed by atoms with Gasteiger partial charge in [0, 0.05) is 30.8 Å². The third kappa shape index (κ3) is 6.19. The van der Waals surface area contributed by atoms with Gasteiger partial charge in [0.05, 0.1) is 0 Å². The highest BCUT2D eigenvalue weighted by molar-refractivity contribution is 5.97. The van der Waals surface area contributed by atoms with Crippen molar-refractivity contribution in [3.05, 3.63) is 71.3 Å². The molecule has 1 aliphatic rings. The molecule has 0 bridgehead atoms. The van der Waals surface area contributed by atoms with Gasteiger partial charge in [-0.3, -0.25) is 14.4 Å². The van der Waals surface area contributed by atoms with E-state index in [1.165, 1.54) is 0 Å². The molecule has 0 spiro atoms. The van der Waals surface area contributed by atoms with Gasteiger partial charge in [-0.25, -0.2) is 0 Å². The number of hydrogen-bond donors (Lipinski definition) is 2. The summed E-state index contributed by atoms with van der Waals surface area (Å²) in [6.45, 7) is 7.72. The van der Waals surface area contributed by atoms with Crippen molar-refractivity contribution in [3.8, 4) is 0 Å². The highest BCUT2D eigenvalue weighted by Gasteiger charge is 2.34. The standard InChI is InChI=1S/C26H33N3O3/c1-18(2)17-27-25(31)23(28-24(30)21-9-5-4-6-10-21)20-12-14-29(15-13-20)26(32)22-11-7-8-19(3)16-22/h4-11,16,18,20,23H,12-15,17H2,1-3H3,(H,27,31)(H,28,30). The van der Waals surface area contributed by atoms with Gasteiger partial charge in [-0.15, -0.1) is 0 Å². The predicted octanol–water partition coefficient (Wildman–Crippen LogP) is 3.42. The minimum atomic E-state index is -0.627. The zero-order valence-corrected chi connectivity index (χ0v) is 19.1. The molecule has 1 aliphatic heterocycles. The van der Waals surface area contributed by atoms with E-state index < -0.39 is 6.04 Å². The van der Waals surface area contributed by atoms with Gasteiger partial charge in [0.15, 0.2) is 0 Å². The summed E-state index contributed by atoms with van der Waals surface area (Å²) < 4.78 is 0. The van der Waals surface area contributed by atoms with Crippen LogP contribution in [0.1, 0.15) is 53.0 Å². The molecule has 1 unspecified atom stereocenters. The number of hydrogen-bond acceptors (Lipinski definition) is 3. The molecule has 0 radical (unpaired) electrons. The van der Waals surface area contributed by atoms with E-state index in [1.54, 1.807) is 24.3 Å². The molecule has 2 aromatic carbocycles. The molecular weight excluding hydrogens is 402 g/mol. The number of benzene rings is 2. The first kappa shape index (κ1) is 23.5. The average Bonchev–Trinajstić information content (AvgIpc) is 2.81. The zero-order chi connectivity index (χ0) is 23.1. The topological polar surface area (TPSA) is 78.5 Å². The molecule has 1 fully saturated rings. The molecule has 1 atom stereocenters. The van der Waals surface area contributed by atoms with Crippen LogP contribution in [0, 0.1) is 18.8 Å². The Labute approximate surface area is 190 Å². The largest absolute Gasteiger partial charge is 0.354 e. The van der Waals surface area contributed by atoms with Gasteiger partial charge in [-0.05, 0) is 55.9 Å². The van der Waals surface area contributed by atoms with Crippen LogP contribution in [0.4, 0.5) is 0 Å². The van der Waals surface area contributed by atoms with Gasteiger partial charge in [0.2, 0.25) is 5.91 Å². The number of nitrogens with zero attached hydrogens (tertiary/aromatic N) is 1. The van der Waals surface area contributed by atoms with Crippen LogP contribution in [0.2, 0.25) is 0 Å². The number of likely N-dealkylation sites (tertiary alicyclic amines) is 1. The average molecular weight is 436 g/mol. The van der Waals surface area contributed by atoms with Crippen LogP contribution >= 0.6 is 0 Å². The minimum Gasteiger partial charge on any atom is -0.354 e. The third-order valence-corrected chi connectivity index (χ3v) is 5.85. The van der Waals surface area contributed by atoms with Crippen molar-refractivity contribution >= 4 is 17.7 Å². The Kier molecular flexibility index (Phi) is 8.03. The first-order valence-electron chi connectivity index (χ1n) is 11.3. The normalized spacial score (nSPS) is 15.3. The molecule has 2 aromatic rings. The number of rotatable bonds is 7. The number of aryl methyl sites for hydroxylation is 1. The molecule has 0 aromatic heterocycles. The van der Waals surface area contributed by atoms with E-state index in [4.69, 9.17) is 0 Å². The molecular formula is C26H33N3O3. The molecule has 3 rings (SSSR count). The number of nitrogens with one attached hydrogen (secondary N) is 2. The lowest BCUT2D eigenvalue weighted by atomic mass is 9.88.